The number of likely N-dealkylation sites (tertiary alicyclic amines) is 1. The number of furan rings is 1. The van der Waals surface area contributed by atoms with Crippen LogP contribution in [0, 0.1) is 5.41 Å². The summed E-state index contributed by atoms with van der Waals surface area (Å²) in [6, 6.07) is 1.66. The zero-order valence-electron chi connectivity index (χ0n) is 11.0. The second kappa shape index (κ2) is 5.17. The molecule has 3 rings (SSSR count). The van der Waals surface area contributed by atoms with E-state index in [9.17, 15) is 4.79 Å². The summed E-state index contributed by atoms with van der Waals surface area (Å²) in [6.45, 7) is 3.78. The van der Waals surface area contributed by atoms with E-state index in [2.05, 4.69) is 5.32 Å². The predicted molar refractivity (Wildman–Crippen MR) is 73.4 cm³/mol. The smallest absolute Gasteiger partial charge is 0.258 e. The van der Waals surface area contributed by atoms with E-state index in [1.165, 1.54) is 25.5 Å². The number of amides is 1. The first kappa shape index (κ1) is 13.0. The first-order chi connectivity index (χ1) is 9.20. The van der Waals surface area contributed by atoms with Crippen molar-refractivity contribution in [3.05, 3.63) is 23.1 Å². The lowest BCUT2D eigenvalue weighted by molar-refractivity contribution is 0.0433. The van der Waals surface area contributed by atoms with Gasteiger partial charge in [-0.25, -0.2) is 0 Å². The Morgan fingerprint density at radius 2 is 2.26 bits per heavy atom. The van der Waals surface area contributed by atoms with Gasteiger partial charge in [-0.1, -0.05) is 0 Å². The van der Waals surface area contributed by atoms with E-state index in [0.29, 0.717) is 5.56 Å². The van der Waals surface area contributed by atoms with Crippen LogP contribution in [0.25, 0.3) is 0 Å². The van der Waals surface area contributed by atoms with Gasteiger partial charge < -0.3 is 14.6 Å². The molecule has 2 fully saturated rings. The molecule has 2 aliphatic rings. The Labute approximate surface area is 118 Å². The maximum Gasteiger partial charge on any atom is 0.258 e. The second-order valence-electron chi connectivity index (χ2n) is 5.72. The van der Waals surface area contributed by atoms with Gasteiger partial charge in [0, 0.05) is 25.0 Å². The molecular formula is C14H19ClN2O2. The van der Waals surface area contributed by atoms with Crippen molar-refractivity contribution < 1.29 is 9.21 Å². The monoisotopic (exact) mass is 282 g/mol. The Morgan fingerprint density at radius 3 is 2.95 bits per heavy atom. The fourth-order valence-corrected chi connectivity index (χ4v) is 3.57. The summed E-state index contributed by atoms with van der Waals surface area (Å²) in [7, 11) is 0. The van der Waals surface area contributed by atoms with Crippen LogP contribution in [0.15, 0.2) is 16.7 Å². The van der Waals surface area contributed by atoms with Crippen LogP contribution >= 0.6 is 11.6 Å². The molecule has 2 aliphatic heterocycles. The molecule has 1 aromatic rings. The number of nitrogens with one attached hydrogen (secondary N) is 1. The molecule has 1 atom stereocenters. The molecule has 1 unspecified atom stereocenters. The van der Waals surface area contributed by atoms with Gasteiger partial charge in [-0.15, -0.1) is 0 Å². The minimum atomic E-state index is 0.00315. The van der Waals surface area contributed by atoms with Crippen LogP contribution in [0.4, 0.5) is 0 Å². The zero-order valence-corrected chi connectivity index (χ0v) is 11.7. The summed E-state index contributed by atoms with van der Waals surface area (Å²) in [5, 5.41) is 3.67. The molecule has 2 saturated heterocycles. The summed E-state index contributed by atoms with van der Waals surface area (Å²) in [5.41, 5.74) is 0.755. The highest BCUT2D eigenvalue weighted by molar-refractivity contribution is 6.32. The van der Waals surface area contributed by atoms with Crippen molar-refractivity contribution in [2.24, 2.45) is 5.41 Å². The number of piperidine rings is 2. The van der Waals surface area contributed by atoms with Crippen LogP contribution in [0.1, 0.15) is 36.0 Å². The number of rotatable bonds is 1. The van der Waals surface area contributed by atoms with Crippen LogP contribution in [0.3, 0.4) is 0 Å². The highest BCUT2D eigenvalue weighted by atomic mass is 35.5. The number of carbonyl (C=O) groups is 1. The molecule has 0 aromatic carbocycles. The van der Waals surface area contributed by atoms with E-state index < -0.39 is 0 Å². The van der Waals surface area contributed by atoms with Crippen LogP contribution < -0.4 is 5.32 Å². The molecule has 19 heavy (non-hydrogen) atoms. The number of hydrogen-bond donors (Lipinski definition) is 1. The topological polar surface area (TPSA) is 45.5 Å². The van der Waals surface area contributed by atoms with E-state index >= 15 is 0 Å². The van der Waals surface area contributed by atoms with Crippen molar-refractivity contribution in [2.75, 3.05) is 26.2 Å². The van der Waals surface area contributed by atoms with Gasteiger partial charge in [0.25, 0.3) is 5.91 Å². The Morgan fingerprint density at radius 1 is 1.42 bits per heavy atom. The van der Waals surface area contributed by atoms with Crippen molar-refractivity contribution in [3.63, 3.8) is 0 Å². The van der Waals surface area contributed by atoms with E-state index in [1.54, 1.807) is 6.07 Å². The molecular weight excluding hydrogens is 264 g/mol. The fourth-order valence-electron chi connectivity index (χ4n) is 3.38. The van der Waals surface area contributed by atoms with Crippen LogP contribution in [0.5, 0.6) is 0 Å². The van der Waals surface area contributed by atoms with Gasteiger partial charge in [0.15, 0.2) is 0 Å². The van der Waals surface area contributed by atoms with Crippen LogP contribution in [-0.2, 0) is 0 Å². The second-order valence-corrected chi connectivity index (χ2v) is 6.06. The number of nitrogens with zero attached hydrogens (tertiary/aromatic N) is 1. The third-order valence-corrected chi connectivity index (χ3v) is 4.65. The SMILES string of the molecule is O=C(c1ccoc1Cl)N1CCCC2(CCCNC2)C1. The van der Waals surface area contributed by atoms with Crippen molar-refractivity contribution in [1.29, 1.82) is 0 Å². The minimum absolute atomic E-state index is 0.00315. The molecule has 0 bridgehead atoms. The molecule has 0 saturated carbocycles. The molecule has 104 valence electrons. The number of carbonyl (C=O) groups excluding carboxylic acids is 1. The lowest BCUT2D eigenvalue weighted by Gasteiger charge is -2.45. The summed E-state index contributed by atoms with van der Waals surface area (Å²) < 4.78 is 5.02. The normalized spacial score (nSPS) is 27.7. The maximum absolute atomic E-state index is 12.5. The largest absolute Gasteiger partial charge is 0.452 e. The number of hydrogen-bond acceptors (Lipinski definition) is 3. The molecule has 3 heterocycles. The van der Waals surface area contributed by atoms with Gasteiger partial charge in [0.2, 0.25) is 5.22 Å². The summed E-state index contributed by atoms with van der Waals surface area (Å²) in [5.74, 6) is 0.00315. The van der Waals surface area contributed by atoms with E-state index in [4.69, 9.17) is 16.0 Å². The molecule has 0 aliphatic carbocycles. The van der Waals surface area contributed by atoms with Crippen molar-refractivity contribution in [3.8, 4) is 0 Å². The van der Waals surface area contributed by atoms with Gasteiger partial charge in [0.05, 0.1) is 11.8 Å². The highest BCUT2D eigenvalue weighted by Gasteiger charge is 2.38. The predicted octanol–water partition coefficient (Wildman–Crippen LogP) is 2.54. The first-order valence-electron chi connectivity index (χ1n) is 6.93. The fraction of sp³-hybridized carbons (Fsp3) is 0.643. The van der Waals surface area contributed by atoms with Crippen molar-refractivity contribution in [1.82, 2.24) is 10.2 Å². The van der Waals surface area contributed by atoms with E-state index in [0.717, 1.165) is 32.6 Å². The third kappa shape index (κ3) is 2.51. The van der Waals surface area contributed by atoms with E-state index in [1.807, 2.05) is 4.90 Å². The quantitative estimate of drug-likeness (QED) is 0.861. The van der Waals surface area contributed by atoms with Gasteiger partial charge in [-0.3, -0.25) is 4.79 Å². The van der Waals surface area contributed by atoms with E-state index in [-0.39, 0.29) is 16.5 Å². The molecule has 1 spiro atoms. The number of halogens is 1. The van der Waals surface area contributed by atoms with Gasteiger partial charge >= 0.3 is 0 Å². The summed E-state index contributed by atoms with van der Waals surface area (Å²) in [4.78, 5) is 14.4. The minimum Gasteiger partial charge on any atom is -0.452 e. The average Bonchev–Trinajstić information content (AvgIpc) is 2.85. The van der Waals surface area contributed by atoms with Gasteiger partial charge in [0.1, 0.15) is 0 Å². The third-order valence-electron chi connectivity index (χ3n) is 4.36. The van der Waals surface area contributed by atoms with Crippen LogP contribution in [0.2, 0.25) is 5.22 Å². The average molecular weight is 283 g/mol. The first-order valence-corrected chi connectivity index (χ1v) is 7.31. The molecule has 4 nitrogen and oxygen atoms in total. The zero-order chi connectivity index (χ0) is 13.3. The highest BCUT2D eigenvalue weighted by Crippen LogP contribution is 2.36. The standard InChI is InChI=1S/C14H19ClN2O2/c15-12-11(3-8-19-12)13(18)17-7-2-5-14(10-17)4-1-6-16-9-14/h3,8,16H,1-2,4-7,9-10H2. The van der Waals surface area contributed by atoms with Crippen LogP contribution in [-0.4, -0.2) is 37.0 Å². The lowest BCUT2D eigenvalue weighted by atomic mass is 9.74. The molecule has 1 amide bonds. The van der Waals surface area contributed by atoms with Gasteiger partial charge in [-0.05, 0) is 49.9 Å². The Balaban J connectivity index is 1.74. The Kier molecular flexibility index (Phi) is 3.54. The van der Waals surface area contributed by atoms with Gasteiger partial charge in [-0.2, -0.15) is 0 Å². The lowest BCUT2D eigenvalue weighted by Crippen LogP contribution is -2.52. The summed E-state index contributed by atoms with van der Waals surface area (Å²) >= 11 is 5.90. The Hall–Kier alpha value is -1.00. The van der Waals surface area contributed by atoms with Crippen molar-refractivity contribution >= 4 is 17.5 Å². The summed E-state index contributed by atoms with van der Waals surface area (Å²) in [6.07, 6.45) is 6.17. The van der Waals surface area contributed by atoms with Crippen molar-refractivity contribution in [2.45, 2.75) is 25.7 Å². The molecule has 5 heteroatoms. The molecule has 0 radical (unpaired) electrons. The Bertz CT molecular complexity index is 460. The molecule has 1 N–H and O–H groups in total. The maximum atomic E-state index is 12.5. The molecule has 1 aromatic heterocycles.